The predicted molar refractivity (Wildman–Crippen MR) is 61.2 cm³/mol. The normalized spacial score (nSPS) is 28.9. The molecule has 3 unspecified atom stereocenters. The summed E-state index contributed by atoms with van der Waals surface area (Å²) >= 11 is 0. The highest BCUT2D eigenvalue weighted by Gasteiger charge is 2.32. The number of aliphatic carboxylic acids is 1. The van der Waals surface area contributed by atoms with Gasteiger partial charge in [0.05, 0.1) is 6.10 Å². The molecule has 1 heterocycles. The van der Waals surface area contributed by atoms with Gasteiger partial charge in [0, 0.05) is 13.7 Å². The molecule has 0 saturated carbocycles. The van der Waals surface area contributed by atoms with Crippen LogP contribution in [0.5, 0.6) is 0 Å². The van der Waals surface area contributed by atoms with Gasteiger partial charge in [-0.15, -0.1) is 0 Å². The molecular formula is C11H22N2O3. The molecule has 5 heteroatoms. The minimum absolute atomic E-state index is 0.133. The van der Waals surface area contributed by atoms with Crippen molar-refractivity contribution in [1.29, 1.82) is 0 Å². The molecule has 0 amide bonds. The number of hydrogen-bond acceptors (Lipinski definition) is 4. The van der Waals surface area contributed by atoms with Crippen LogP contribution in [0.4, 0.5) is 0 Å². The molecule has 3 atom stereocenters. The third kappa shape index (κ3) is 3.17. The lowest BCUT2D eigenvalue weighted by Gasteiger charge is -2.39. The van der Waals surface area contributed by atoms with Crippen molar-refractivity contribution in [3.63, 3.8) is 0 Å². The summed E-state index contributed by atoms with van der Waals surface area (Å²) in [7, 11) is 1.68. The number of carbonyl (C=O) groups is 1. The van der Waals surface area contributed by atoms with Gasteiger partial charge < -0.3 is 15.6 Å². The molecular weight excluding hydrogens is 208 g/mol. The molecule has 0 aromatic rings. The van der Waals surface area contributed by atoms with Crippen LogP contribution >= 0.6 is 0 Å². The van der Waals surface area contributed by atoms with Crippen LogP contribution in [0.3, 0.4) is 0 Å². The number of carboxylic acid groups (broad SMARTS) is 1. The molecule has 3 N–H and O–H groups in total. The lowest BCUT2D eigenvalue weighted by Crippen LogP contribution is -2.51. The fourth-order valence-corrected chi connectivity index (χ4v) is 2.27. The van der Waals surface area contributed by atoms with Crippen molar-refractivity contribution >= 4 is 5.97 Å². The first-order chi connectivity index (χ1) is 7.60. The van der Waals surface area contributed by atoms with E-state index in [1.807, 2.05) is 4.90 Å². The molecule has 0 aliphatic carbocycles. The SMILES string of the molecule is COC1CN(C(CCN)C(=O)O)CCC1C. The Morgan fingerprint density at radius 1 is 1.69 bits per heavy atom. The lowest BCUT2D eigenvalue weighted by atomic mass is 9.94. The van der Waals surface area contributed by atoms with E-state index in [-0.39, 0.29) is 6.10 Å². The number of rotatable bonds is 5. The van der Waals surface area contributed by atoms with Crippen LogP contribution in [0, 0.1) is 5.92 Å². The second-order valence-corrected chi connectivity index (χ2v) is 4.47. The topological polar surface area (TPSA) is 75.8 Å². The van der Waals surface area contributed by atoms with Gasteiger partial charge in [-0.1, -0.05) is 6.92 Å². The van der Waals surface area contributed by atoms with Crippen LogP contribution in [0.15, 0.2) is 0 Å². The van der Waals surface area contributed by atoms with Gasteiger partial charge in [-0.05, 0) is 31.8 Å². The molecule has 1 rings (SSSR count). The molecule has 5 nitrogen and oxygen atoms in total. The maximum atomic E-state index is 11.1. The number of methoxy groups -OCH3 is 1. The number of hydrogen-bond donors (Lipinski definition) is 2. The third-order valence-corrected chi connectivity index (χ3v) is 3.39. The Balaban J connectivity index is 2.61. The summed E-state index contributed by atoms with van der Waals surface area (Å²) in [5.74, 6) is -0.288. The Kier molecular flexibility index (Phi) is 5.18. The largest absolute Gasteiger partial charge is 0.480 e. The number of nitrogens with zero attached hydrogens (tertiary/aromatic N) is 1. The predicted octanol–water partition coefficient (Wildman–Crippen LogP) is 0.145. The Bertz CT molecular complexity index is 235. The van der Waals surface area contributed by atoms with E-state index in [9.17, 15) is 4.79 Å². The van der Waals surface area contributed by atoms with Gasteiger partial charge in [-0.25, -0.2) is 0 Å². The van der Waals surface area contributed by atoms with Gasteiger partial charge in [-0.2, -0.15) is 0 Å². The van der Waals surface area contributed by atoms with E-state index in [1.165, 1.54) is 0 Å². The number of likely N-dealkylation sites (tertiary alicyclic amines) is 1. The van der Waals surface area contributed by atoms with Crippen LogP contribution in [-0.2, 0) is 9.53 Å². The zero-order valence-corrected chi connectivity index (χ0v) is 10.1. The van der Waals surface area contributed by atoms with Crippen molar-refractivity contribution < 1.29 is 14.6 Å². The third-order valence-electron chi connectivity index (χ3n) is 3.39. The Morgan fingerprint density at radius 2 is 2.38 bits per heavy atom. The highest BCUT2D eigenvalue weighted by Crippen LogP contribution is 2.21. The van der Waals surface area contributed by atoms with Crippen molar-refractivity contribution in [2.75, 3.05) is 26.7 Å². The van der Waals surface area contributed by atoms with E-state index in [2.05, 4.69) is 6.92 Å². The van der Waals surface area contributed by atoms with E-state index in [1.54, 1.807) is 7.11 Å². The van der Waals surface area contributed by atoms with Crippen molar-refractivity contribution in [2.45, 2.75) is 31.9 Å². The van der Waals surface area contributed by atoms with E-state index in [0.717, 1.165) is 13.0 Å². The summed E-state index contributed by atoms with van der Waals surface area (Å²) in [6.45, 7) is 4.05. The summed E-state index contributed by atoms with van der Waals surface area (Å²) in [6, 6.07) is -0.463. The molecule has 0 spiro atoms. The van der Waals surface area contributed by atoms with Crippen LogP contribution in [0.1, 0.15) is 19.8 Å². The van der Waals surface area contributed by atoms with E-state index in [0.29, 0.717) is 25.4 Å². The average molecular weight is 230 g/mol. The van der Waals surface area contributed by atoms with Crippen molar-refractivity contribution in [3.8, 4) is 0 Å². The first-order valence-corrected chi connectivity index (χ1v) is 5.79. The summed E-state index contributed by atoms with van der Waals surface area (Å²) in [5.41, 5.74) is 5.45. The highest BCUT2D eigenvalue weighted by atomic mass is 16.5. The monoisotopic (exact) mass is 230 g/mol. The van der Waals surface area contributed by atoms with Gasteiger partial charge in [0.1, 0.15) is 6.04 Å². The Morgan fingerprint density at radius 3 is 2.88 bits per heavy atom. The summed E-state index contributed by atoms with van der Waals surface area (Å²) in [6.07, 6.45) is 1.61. The number of ether oxygens (including phenoxy) is 1. The van der Waals surface area contributed by atoms with Gasteiger partial charge in [0.25, 0.3) is 0 Å². The second kappa shape index (κ2) is 6.18. The number of carboxylic acids is 1. The van der Waals surface area contributed by atoms with E-state index >= 15 is 0 Å². The fourth-order valence-electron chi connectivity index (χ4n) is 2.27. The van der Waals surface area contributed by atoms with Gasteiger partial charge >= 0.3 is 5.97 Å². The Labute approximate surface area is 96.6 Å². The summed E-state index contributed by atoms with van der Waals surface area (Å²) in [4.78, 5) is 13.1. The molecule has 0 bridgehead atoms. The molecule has 0 aromatic heterocycles. The zero-order valence-electron chi connectivity index (χ0n) is 10.1. The Hall–Kier alpha value is -0.650. The maximum Gasteiger partial charge on any atom is 0.320 e. The molecule has 16 heavy (non-hydrogen) atoms. The standard InChI is InChI=1S/C11H22N2O3/c1-8-4-6-13(7-10(8)16-2)9(3-5-12)11(14)15/h8-10H,3-7,12H2,1-2H3,(H,14,15). The average Bonchev–Trinajstić information content (AvgIpc) is 2.26. The molecule has 0 aromatic carbocycles. The maximum absolute atomic E-state index is 11.1. The molecule has 1 aliphatic rings. The molecule has 0 radical (unpaired) electrons. The molecule has 1 saturated heterocycles. The zero-order chi connectivity index (χ0) is 12.1. The smallest absolute Gasteiger partial charge is 0.320 e. The fraction of sp³-hybridized carbons (Fsp3) is 0.909. The number of nitrogens with two attached hydrogens (primary N) is 1. The van der Waals surface area contributed by atoms with Crippen LogP contribution in [0.2, 0.25) is 0 Å². The first kappa shape index (κ1) is 13.4. The van der Waals surface area contributed by atoms with Crippen LogP contribution < -0.4 is 5.73 Å². The molecule has 1 fully saturated rings. The van der Waals surface area contributed by atoms with Gasteiger partial charge in [0.2, 0.25) is 0 Å². The molecule has 1 aliphatic heterocycles. The summed E-state index contributed by atoms with van der Waals surface area (Å²) < 4.78 is 5.38. The van der Waals surface area contributed by atoms with Crippen molar-refractivity contribution in [3.05, 3.63) is 0 Å². The van der Waals surface area contributed by atoms with Gasteiger partial charge in [0.15, 0.2) is 0 Å². The van der Waals surface area contributed by atoms with Gasteiger partial charge in [-0.3, -0.25) is 9.69 Å². The number of piperidine rings is 1. The van der Waals surface area contributed by atoms with E-state index in [4.69, 9.17) is 15.6 Å². The molecule has 94 valence electrons. The minimum atomic E-state index is -0.783. The van der Waals surface area contributed by atoms with Crippen LogP contribution in [-0.4, -0.2) is 54.9 Å². The minimum Gasteiger partial charge on any atom is -0.480 e. The first-order valence-electron chi connectivity index (χ1n) is 5.79. The lowest BCUT2D eigenvalue weighted by molar-refractivity contribution is -0.145. The van der Waals surface area contributed by atoms with Crippen LogP contribution in [0.25, 0.3) is 0 Å². The van der Waals surface area contributed by atoms with Crippen molar-refractivity contribution in [1.82, 2.24) is 4.90 Å². The quantitative estimate of drug-likeness (QED) is 0.703. The van der Waals surface area contributed by atoms with Crippen molar-refractivity contribution in [2.24, 2.45) is 11.7 Å². The summed E-state index contributed by atoms with van der Waals surface area (Å²) in [5, 5.41) is 9.14. The van der Waals surface area contributed by atoms with E-state index < -0.39 is 12.0 Å². The second-order valence-electron chi connectivity index (χ2n) is 4.47. The highest BCUT2D eigenvalue weighted by molar-refractivity contribution is 5.73.